The lowest BCUT2D eigenvalue weighted by molar-refractivity contribution is 0.0883. The molecule has 1 aromatic rings. The lowest BCUT2D eigenvalue weighted by Crippen LogP contribution is -2.50. The molecule has 114 valence electrons. The molecule has 2 N–H and O–H groups in total. The van der Waals surface area contributed by atoms with Gasteiger partial charge in [-0.15, -0.1) is 0 Å². The molecular formula is C17H24FN3. The molecule has 1 aliphatic rings. The molecule has 0 bridgehead atoms. The number of hydrogen-bond acceptors (Lipinski definition) is 3. The van der Waals surface area contributed by atoms with Crippen molar-refractivity contribution in [2.45, 2.75) is 25.9 Å². The molecule has 0 spiro atoms. The molecule has 1 fully saturated rings. The van der Waals surface area contributed by atoms with Gasteiger partial charge >= 0.3 is 0 Å². The average molecular weight is 289 g/mol. The van der Waals surface area contributed by atoms with Crippen LogP contribution in [-0.4, -0.2) is 49.1 Å². The van der Waals surface area contributed by atoms with Crippen LogP contribution >= 0.6 is 0 Å². The Morgan fingerprint density at radius 2 is 2.19 bits per heavy atom. The number of piperazine rings is 1. The Balaban J connectivity index is 2.12. The monoisotopic (exact) mass is 289 g/mol. The van der Waals surface area contributed by atoms with Crippen molar-refractivity contribution < 1.29 is 4.39 Å². The van der Waals surface area contributed by atoms with Crippen LogP contribution in [0.4, 0.5) is 4.39 Å². The van der Waals surface area contributed by atoms with E-state index in [1.54, 1.807) is 0 Å². The Bertz CT molecular complexity index is 533. The average Bonchev–Trinajstić information content (AvgIpc) is 2.49. The van der Waals surface area contributed by atoms with Gasteiger partial charge in [0.15, 0.2) is 0 Å². The normalized spacial score (nSPS) is 20.1. The highest BCUT2D eigenvalue weighted by Gasteiger charge is 2.23. The summed E-state index contributed by atoms with van der Waals surface area (Å²) in [4.78, 5) is 4.84. The highest BCUT2D eigenvalue weighted by molar-refractivity contribution is 5.42. The number of hydrogen-bond donors (Lipinski definition) is 1. The molecule has 4 heteroatoms. The molecule has 0 aliphatic carbocycles. The van der Waals surface area contributed by atoms with Crippen molar-refractivity contribution in [2.24, 2.45) is 5.73 Å². The number of nitrogens with two attached hydrogens (primary N) is 1. The zero-order valence-corrected chi connectivity index (χ0v) is 12.9. The minimum atomic E-state index is -0.245. The van der Waals surface area contributed by atoms with Gasteiger partial charge in [-0.2, -0.15) is 0 Å². The van der Waals surface area contributed by atoms with E-state index in [-0.39, 0.29) is 5.82 Å². The van der Waals surface area contributed by atoms with Crippen LogP contribution in [0.3, 0.4) is 0 Å². The van der Waals surface area contributed by atoms with Gasteiger partial charge in [-0.3, -0.25) is 4.90 Å². The fourth-order valence-corrected chi connectivity index (χ4v) is 2.78. The van der Waals surface area contributed by atoms with Gasteiger partial charge < -0.3 is 10.6 Å². The van der Waals surface area contributed by atoms with Gasteiger partial charge in [0, 0.05) is 37.8 Å². The highest BCUT2D eigenvalue weighted by atomic mass is 19.1. The van der Waals surface area contributed by atoms with Gasteiger partial charge in [-0.05, 0) is 31.2 Å². The quantitative estimate of drug-likeness (QED) is 0.859. The number of halogens is 1. The summed E-state index contributed by atoms with van der Waals surface area (Å²) in [5.74, 6) is 5.56. The van der Waals surface area contributed by atoms with Gasteiger partial charge in [-0.25, -0.2) is 4.39 Å². The van der Waals surface area contributed by atoms with E-state index >= 15 is 0 Å². The van der Waals surface area contributed by atoms with Crippen LogP contribution in [0, 0.1) is 17.7 Å². The molecule has 0 radical (unpaired) electrons. The van der Waals surface area contributed by atoms with E-state index in [1.165, 1.54) is 12.1 Å². The summed E-state index contributed by atoms with van der Waals surface area (Å²) in [5.41, 5.74) is 7.25. The number of rotatable bonds is 3. The second-order valence-corrected chi connectivity index (χ2v) is 5.59. The van der Waals surface area contributed by atoms with Crippen molar-refractivity contribution in [1.82, 2.24) is 9.80 Å². The highest BCUT2D eigenvalue weighted by Crippen LogP contribution is 2.17. The van der Waals surface area contributed by atoms with Gasteiger partial charge in [0.05, 0.1) is 6.54 Å². The first-order chi connectivity index (χ1) is 10.1. The molecule has 1 saturated heterocycles. The fourth-order valence-electron chi connectivity index (χ4n) is 2.78. The van der Waals surface area contributed by atoms with Crippen LogP contribution in [-0.2, 0) is 6.54 Å². The van der Waals surface area contributed by atoms with Gasteiger partial charge in [0.25, 0.3) is 0 Å². The van der Waals surface area contributed by atoms with Crippen LogP contribution in [0.1, 0.15) is 24.5 Å². The molecule has 21 heavy (non-hydrogen) atoms. The van der Waals surface area contributed by atoms with E-state index in [0.29, 0.717) is 12.6 Å². The Morgan fingerprint density at radius 3 is 2.90 bits per heavy atom. The number of benzene rings is 1. The molecule has 3 nitrogen and oxygen atoms in total. The summed E-state index contributed by atoms with van der Waals surface area (Å²) >= 11 is 0. The van der Waals surface area contributed by atoms with Crippen molar-refractivity contribution in [3.63, 3.8) is 0 Å². The molecule has 2 rings (SSSR count). The molecule has 1 heterocycles. The molecular weight excluding hydrogens is 265 g/mol. The third-order valence-corrected chi connectivity index (χ3v) is 4.12. The van der Waals surface area contributed by atoms with Crippen molar-refractivity contribution in [1.29, 1.82) is 0 Å². The molecule has 1 unspecified atom stereocenters. The molecule has 1 atom stereocenters. The van der Waals surface area contributed by atoms with Crippen LogP contribution in [0.15, 0.2) is 18.2 Å². The third-order valence-electron chi connectivity index (χ3n) is 4.12. The van der Waals surface area contributed by atoms with E-state index in [0.717, 1.165) is 43.7 Å². The van der Waals surface area contributed by atoms with E-state index in [4.69, 9.17) is 5.73 Å². The zero-order valence-electron chi connectivity index (χ0n) is 12.9. The van der Waals surface area contributed by atoms with Crippen LogP contribution in [0.25, 0.3) is 0 Å². The first-order valence-electron chi connectivity index (χ1n) is 7.54. The second-order valence-electron chi connectivity index (χ2n) is 5.59. The minimum absolute atomic E-state index is 0.245. The van der Waals surface area contributed by atoms with E-state index in [1.807, 2.05) is 6.07 Å². The van der Waals surface area contributed by atoms with Gasteiger partial charge in [0.1, 0.15) is 5.82 Å². The first kappa shape index (κ1) is 16.0. The fraction of sp³-hybridized carbons (Fsp3) is 0.529. The Morgan fingerprint density at radius 1 is 1.38 bits per heavy atom. The van der Waals surface area contributed by atoms with E-state index in [2.05, 4.69) is 35.6 Å². The van der Waals surface area contributed by atoms with Crippen LogP contribution < -0.4 is 5.73 Å². The number of nitrogens with zero attached hydrogens (tertiary/aromatic N) is 2. The van der Waals surface area contributed by atoms with E-state index in [9.17, 15) is 4.39 Å². The summed E-state index contributed by atoms with van der Waals surface area (Å²) in [6.07, 6.45) is 1.15. The first-order valence-corrected chi connectivity index (χ1v) is 7.54. The van der Waals surface area contributed by atoms with Crippen molar-refractivity contribution in [3.05, 3.63) is 35.1 Å². The maximum atomic E-state index is 13.4. The topological polar surface area (TPSA) is 32.5 Å². The largest absolute Gasteiger partial charge is 0.320 e. The minimum Gasteiger partial charge on any atom is -0.320 e. The molecule has 0 amide bonds. The maximum absolute atomic E-state index is 13.4. The lowest BCUT2D eigenvalue weighted by atomic mass is 10.0. The predicted molar refractivity (Wildman–Crippen MR) is 84.3 cm³/mol. The summed E-state index contributed by atoms with van der Waals surface area (Å²) in [7, 11) is 2.18. The SMILES string of the molecule is CCC1CN(Cc2ccc(F)cc2C#CCN)CCN1C. The zero-order chi connectivity index (χ0) is 15.2. The predicted octanol–water partition coefficient (Wildman–Crippen LogP) is 1.66. The van der Waals surface area contributed by atoms with Crippen molar-refractivity contribution in [2.75, 3.05) is 33.2 Å². The van der Waals surface area contributed by atoms with Crippen molar-refractivity contribution in [3.8, 4) is 11.8 Å². The number of likely N-dealkylation sites (N-methyl/N-ethyl adjacent to an activating group) is 1. The molecule has 1 aliphatic heterocycles. The molecule has 0 aromatic heterocycles. The van der Waals surface area contributed by atoms with Gasteiger partial charge in [-0.1, -0.05) is 24.8 Å². The van der Waals surface area contributed by atoms with Gasteiger partial charge in [0.2, 0.25) is 0 Å². The standard InChI is InChI=1S/C17H24FN3/c1-3-17-13-21(10-9-20(17)2)12-15-6-7-16(18)11-14(15)5-4-8-19/h6-7,11,17H,3,8-10,12-13,19H2,1-2H3. The summed E-state index contributed by atoms with van der Waals surface area (Å²) < 4.78 is 13.4. The summed E-state index contributed by atoms with van der Waals surface area (Å²) in [6, 6.07) is 5.45. The lowest BCUT2D eigenvalue weighted by Gasteiger charge is -2.39. The van der Waals surface area contributed by atoms with E-state index < -0.39 is 0 Å². The summed E-state index contributed by atoms with van der Waals surface area (Å²) in [5, 5.41) is 0. The van der Waals surface area contributed by atoms with Crippen LogP contribution in [0.2, 0.25) is 0 Å². The third kappa shape index (κ3) is 4.28. The maximum Gasteiger partial charge on any atom is 0.124 e. The summed E-state index contributed by atoms with van der Waals surface area (Å²) in [6.45, 7) is 6.49. The Labute approximate surface area is 126 Å². The van der Waals surface area contributed by atoms with Crippen molar-refractivity contribution >= 4 is 0 Å². The molecule has 1 aromatic carbocycles. The Hall–Kier alpha value is -1.41. The Kier molecular flexibility index (Phi) is 5.75. The smallest absolute Gasteiger partial charge is 0.124 e. The van der Waals surface area contributed by atoms with Crippen LogP contribution in [0.5, 0.6) is 0 Å². The second kappa shape index (κ2) is 7.56. The molecule has 0 saturated carbocycles.